The van der Waals surface area contributed by atoms with E-state index in [1.807, 2.05) is 7.05 Å². The molecule has 1 saturated heterocycles. The molecule has 82 valence electrons. The van der Waals surface area contributed by atoms with Gasteiger partial charge in [-0.2, -0.15) is 0 Å². The van der Waals surface area contributed by atoms with Crippen LogP contribution >= 0.6 is 0 Å². The summed E-state index contributed by atoms with van der Waals surface area (Å²) in [6.45, 7) is 4.00. The Kier molecular flexibility index (Phi) is 4.35. The summed E-state index contributed by atoms with van der Waals surface area (Å²) in [5.74, 6) is -1.09. The first kappa shape index (κ1) is 11.5. The van der Waals surface area contributed by atoms with E-state index in [0.717, 1.165) is 19.4 Å². The fraction of sp³-hybridized carbons (Fsp3) is 0.900. The van der Waals surface area contributed by atoms with Crippen LogP contribution in [-0.2, 0) is 9.53 Å². The van der Waals surface area contributed by atoms with Crippen molar-refractivity contribution in [3.8, 4) is 0 Å². The minimum atomic E-state index is -0.740. The van der Waals surface area contributed by atoms with Crippen molar-refractivity contribution < 1.29 is 14.6 Å². The minimum Gasteiger partial charge on any atom is -0.481 e. The second-order valence-electron chi connectivity index (χ2n) is 3.88. The first-order chi connectivity index (χ1) is 6.66. The summed E-state index contributed by atoms with van der Waals surface area (Å²) >= 11 is 0. The SMILES string of the molecule is CCCCN(C)C1COCC1C(=O)O. The minimum absolute atomic E-state index is 0.0547. The number of carbonyl (C=O) groups is 1. The lowest BCUT2D eigenvalue weighted by Crippen LogP contribution is -2.41. The van der Waals surface area contributed by atoms with Gasteiger partial charge < -0.3 is 14.7 Å². The zero-order valence-corrected chi connectivity index (χ0v) is 8.90. The zero-order chi connectivity index (χ0) is 10.6. The lowest BCUT2D eigenvalue weighted by molar-refractivity contribution is -0.143. The van der Waals surface area contributed by atoms with Crippen LogP contribution in [0.4, 0.5) is 0 Å². The standard InChI is InChI=1S/C10H19NO3/c1-3-4-5-11(2)9-7-14-6-8(9)10(12)13/h8-9H,3-7H2,1-2H3,(H,12,13). The second kappa shape index (κ2) is 5.32. The number of unbranched alkanes of at least 4 members (excludes halogenated alkanes) is 1. The molecule has 0 spiro atoms. The van der Waals surface area contributed by atoms with Crippen LogP contribution in [0, 0.1) is 5.92 Å². The van der Waals surface area contributed by atoms with E-state index in [-0.39, 0.29) is 12.0 Å². The van der Waals surface area contributed by atoms with Gasteiger partial charge in [0.05, 0.1) is 19.1 Å². The van der Waals surface area contributed by atoms with Crippen LogP contribution < -0.4 is 0 Å². The number of carboxylic acids is 1. The predicted octanol–water partition coefficient (Wildman–Crippen LogP) is 0.818. The Morgan fingerprint density at radius 3 is 2.86 bits per heavy atom. The van der Waals surface area contributed by atoms with Gasteiger partial charge in [-0.15, -0.1) is 0 Å². The van der Waals surface area contributed by atoms with Crippen molar-refractivity contribution in [2.45, 2.75) is 25.8 Å². The molecule has 0 aliphatic carbocycles. The summed E-state index contributed by atoms with van der Waals surface area (Å²) in [7, 11) is 1.98. The van der Waals surface area contributed by atoms with Crippen LogP contribution in [0.15, 0.2) is 0 Å². The van der Waals surface area contributed by atoms with E-state index in [1.54, 1.807) is 0 Å². The second-order valence-corrected chi connectivity index (χ2v) is 3.88. The van der Waals surface area contributed by atoms with E-state index in [2.05, 4.69) is 11.8 Å². The predicted molar refractivity (Wildman–Crippen MR) is 53.3 cm³/mol. The van der Waals surface area contributed by atoms with Crippen molar-refractivity contribution >= 4 is 5.97 Å². The zero-order valence-electron chi connectivity index (χ0n) is 8.90. The Hall–Kier alpha value is -0.610. The van der Waals surface area contributed by atoms with Crippen LogP contribution in [0.1, 0.15) is 19.8 Å². The summed E-state index contributed by atoms with van der Waals surface area (Å²) < 4.78 is 5.21. The van der Waals surface area contributed by atoms with Crippen molar-refractivity contribution in [3.05, 3.63) is 0 Å². The van der Waals surface area contributed by atoms with Crippen LogP contribution in [0.2, 0.25) is 0 Å². The summed E-state index contributed by atoms with van der Waals surface area (Å²) in [6.07, 6.45) is 2.25. The number of aliphatic carboxylic acids is 1. The molecule has 0 amide bonds. The number of likely N-dealkylation sites (N-methyl/N-ethyl adjacent to an activating group) is 1. The van der Waals surface area contributed by atoms with Gasteiger partial charge in [-0.05, 0) is 20.0 Å². The quantitative estimate of drug-likeness (QED) is 0.715. The highest BCUT2D eigenvalue weighted by Gasteiger charge is 2.36. The number of ether oxygens (including phenoxy) is 1. The first-order valence-electron chi connectivity index (χ1n) is 5.17. The van der Waals surface area contributed by atoms with Crippen molar-refractivity contribution in [1.82, 2.24) is 4.90 Å². The number of hydrogen-bond acceptors (Lipinski definition) is 3. The molecule has 1 aliphatic rings. The molecular weight excluding hydrogens is 182 g/mol. The highest BCUT2D eigenvalue weighted by Crippen LogP contribution is 2.19. The van der Waals surface area contributed by atoms with Gasteiger partial charge in [0.2, 0.25) is 0 Å². The average molecular weight is 201 g/mol. The molecule has 1 fully saturated rings. The molecule has 14 heavy (non-hydrogen) atoms. The van der Waals surface area contributed by atoms with Crippen LogP contribution in [0.3, 0.4) is 0 Å². The summed E-state index contributed by atoms with van der Waals surface area (Å²) in [6, 6.07) is 0.0547. The van der Waals surface area contributed by atoms with Gasteiger partial charge in [0, 0.05) is 6.04 Å². The molecule has 0 radical (unpaired) electrons. The maximum atomic E-state index is 10.9. The highest BCUT2D eigenvalue weighted by atomic mass is 16.5. The monoisotopic (exact) mass is 201 g/mol. The molecular formula is C10H19NO3. The Morgan fingerprint density at radius 1 is 1.57 bits per heavy atom. The van der Waals surface area contributed by atoms with Crippen molar-refractivity contribution in [1.29, 1.82) is 0 Å². The molecule has 1 N–H and O–H groups in total. The maximum absolute atomic E-state index is 10.9. The van der Waals surface area contributed by atoms with E-state index in [0.29, 0.717) is 13.2 Å². The number of nitrogens with zero attached hydrogens (tertiary/aromatic N) is 1. The average Bonchev–Trinajstić information content (AvgIpc) is 2.62. The van der Waals surface area contributed by atoms with E-state index < -0.39 is 5.97 Å². The summed E-state index contributed by atoms with van der Waals surface area (Å²) in [5.41, 5.74) is 0. The molecule has 1 heterocycles. The number of carboxylic acid groups (broad SMARTS) is 1. The van der Waals surface area contributed by atoms with Gasteiger partial charge in [-0.1, -0.05) is 13.3 Å². The Morgan fingerprint density at radius 2 is 2.29 bits per heavy atom. The lowest BCUT2D eigenvalue weighted by atomic mass is 10.0. The fourth-order valence-electron chi connectivity index (χ4n) is 1.79. The molecule has 0 aromatic rings. The van der Waals surface area contributed by atoms with Gasteiger partial charge in [-0.25, -0.2) is 0 Å². The fourth-order valence-corrected chi connectivity index (χ4v) is 1.79. The lowest BCUT2D eigenvalue weighted by Gasteiger charge is -2.25. The topological polar surface area (TPSA) is 49.8 Å². The van der Waals surface area contributed by atoms with Crippen molar-refractivity contribution in [2.24, 2.45) is 5.92 Å². The van der Waals surface area contributed by atoms with E-state index in [4.69, 9.17) is 9.84 Å². The molecule has 0 saturated carbocycles. The maximum Gasteiger partial charge on any atom is 0.310 e. The smallest absolute Gasteiger partial charge is 0.310 e. The number of hydrogen-bond donors (Lipinski definition) is 1. The molecule has 4 heteroatoms. The Balaban J connectivity index is 2.44. The van der Waals surface area contributed by atoms with E-state index in [1.165, 1.54) is 0 Å². The molecule has 1 aliphatic heterocycles. The Labute approximate surface area is 84.8 Å². The molecule has 4 nitrogen and oxygen atoms in total. The van der Waals surface area contributed by atoms with Gasteiger partial charge in [0.15, 0.2) is 0 Å². The Bertz CT molecular complexity index is 196. The molecule has 0 aromatic heterocycles. The summed E-state index contributed by atoms with van der Waals surface area (Å²) in [4.78, 5) is 13.0. The van der Waals surface area contributed by atoms with Gasteiger partial charge in [0.1, 0.15) is 0 Å². The van der Waals surface area contributed by atoms with Crippen molar-refractivity contribution in [2.75, 3.05) is 26.8 Å². The molecule has 2 atom stereocenters. The first-order valence-corrected chi connectivity index (χ1v) is 5.17. The normalized spacial score (nSPS) is 27.1. The van der Waals surface area contributed by atoms with Crippen molar-refractivity contribution in [3.63, 3.8) is 0 Å². The third-order valence-corrected chi connectivity index (χ3v) is 2.80. The molecule has 0 bridgehead atoms. The third kappa shape index (κ3) is 2.69. The largest absolute Gasteiger partial charge is 0.481 e. The highest BCUT2D eigenvalue weighted by molar-refractivity contribution is 5.71. The number of rotatable bonds is 5. The van der Waals surface area contributed by atoms with Gasteiger partial charge in [0.25, 0.3) is 0 Å². The molecule has 0 aromatic carbocycles. The van der Waals surface area contributed by atoms with Gasteiger partial charge >= 0.3 is 5.97 Å². The van der Waals surface area contributed by atoms with Gasteiger partial charge in [-0.3, -0.25) is 4.79 Å². The van der Waals surface area contributed by atoms with E-state index in [9.17, 15) is 4.79 Å². The summed E-state index contributed by atoms with van der Waals surface area (Å²) in [5, 5.41) is 8.95. The molecule has 2 unspecified atom stereocenters. The van der Waals surface area contributed by atoms with Crippen LogP contribution in [0.25, 0.3) is 0 Å². The van der Waals surface area contributed by atoms with Crippen LogP contribution in [0.5, 0.6) is 0 Å². The van der Waals surface area contributed by atoms with Crippen LogP contribution in [-0.4, -0.2) is 48.8 Å². The third-order valence-electron chi connectivity index (χ3n) is 2.80. The molecule has 1 rings (SSSR count). The van der Waals surface area contributed by atoms with E-state index >= 15 is 0 Å².